The Hall–Kier alpha value is -1.99. The van der Waals surface area contributed by atoms with E-state index in [1.807, 2.05) is 13.8 Å². The molecule has 1 heterocycles. The van der Waals surface area contributed by atoms with Crippen LogP contribution in [0.3, 0.4) is 0 Å². The van der Waals surface area contributed by atoms with Gasteiger partial charge < -0.3 is 15.0 Å². The average Bonchev–Trinajstić information content (AvgIpc) is 2.37. The lowest BCUT2D eigenvalue weighted by Crippen LogP contribution is -3.16. The number of nitrogens with one attached hydrogen (secondary N) is 2. The van der Waals surface area contributed by atoms with Crippen LogP contribution in [0.25, 0.3) is 0 Å². The monoisotopic (exact) mass is 294 g/mol. The molecule has 0 radical (unpaired) electrons. The summed E-state index contributed by atoms with van der Waals surface area (Å²) < 4.78 is 5.64. The predicted octanol–water partition coefficient (Wildman–Crippen LogP) is 0.225. The summed E-state index contributed by atoms with van der Waals surface area (Å²) in [6.45, 7) is 5.98. The molecule has 1 aliphatic heterocycles. The molecule has 0 aliphatic carbocycles. The van der Waals surface area contributed by atoms with Crippen LogP contribution < -0.4 is 10.2 Å². The quantitative estimate of drug-likeness (QED) is 0.614. The standard InChI is InChI=1S/C14H19N3O4/c1-10-7-16(8-11(2)21-10)9-14(18)15-12-3-5-13(6-4-12)17(19)20/h3-6,10-11H,7-9H2,1-2H3,(H,15,18)/p+1/t10-,11-/m1/s1. The molecule has 7 nitrogen and oxygen atoms in total. The molecule has 1 fully saturated rings. The van der Waals surface area contributed by atoms with Gasteiger partial charge in [0.05, 0.1) is 4.92 Å². The summed E-state index contributed by atoms with van der Waals surface area (Å²) in [6, 6.07) is 5.83. The van der Waals surface area contributed by atoms with Gasteiger partial charge in [-0.1, -0.05) is 0 Å². The summed E-state index contributed by atoms with van der Waals surface area (Å²) in [6.07, 6.45) is 0.298. The minimum atomic E-state index is -0.466. The van der Waals surface area contributed by atoms with E-state index in [2.05, 4.69) is 5.32 Å². The molecule has 114 valence electrons. The second kappa shape index (κ2) is 6.64. The van der Waals surface area contributed by atoms with Gasteiger partial charge in [0.15, 0.2) is 6.54 Å². The van der Waals surface area contributed by atoms with Gasteiger partial charge in [0.1, 0.15) is 25.3 Å². The summed E-state index contributed by atoms with van der Waals surface area (Å²) >= 11 is 0. The molecule has 7 heteroatoms. The third kappa shape index (κ3) is 4.51. The highest BCUT2D eigenvalue weighted by Crippen LogP contribution is 2.15. The van der Waals surface area contributed by atoms with E-state index < -0.39 is 4.92 Å². The third-order valence-electron chi connectivity index (χ3n) is 3.39. The number of anilines is 1. The second-order valence-electron chi connectivity index (χ2n) is 5.44. The van der Waals surface area contributed by atoms with Crippen LogP contribution >= 0.6 is 0 Å². The molecule has 1 saturated heterocycles. The van der Waals surface area contributed by atoms with Gasteiger partial charge >= 0.3 is 0 Å². The Morgan fingerprint density at radius 3 is 2.43 bits per heavy atom. The van der Waals surface area contributed by atoms with Crippen molar-refractivity contribution in [1.82, 2.24) is 0 Å². The minimum Gasteiger partial charge on any atom is -0.364 e. The summed E-state index contributed by atoms with van der Waals surface area (Å²) in [7, 11) is 0. The minimum absolute atomic E-state index is 0.00875. The highest BCUT2D eigenvalue weighted by atomic mass is 16.6. The van der Waals surface area contributed by atoms with E-state index in [-0.39, 0.29) is 23.8 Å². The van der Waals surface area contributed by atoms with Crippen molar-refractivity contribution in [3.05, 3.63) is 34.4 Å². The van der Waals surface area contributed by atoms with Gasteiger partial charge in [-0.3, -0.25) is 14.9 Å². The molecule has 21 heavy (non-hydrogen) atoms. The van der Waals surface area contributed by atoms with Gasteiger partial charge in [-0.05, 0) is 26.0 Å². The molecular formula is C14H20N3O4+. The van der Waals surface area contributed by atoms with Crippen LogP contribution in [0.15, 0.2) is 24.3 Å². The van der Waals surface area contributed by atoms with Crippen LogP contribution in [0.4, 0.5) is 11.4 Å². The number of hydrogen-bond acceptors (Lipinski definition) is 4. The van der Waals surface area contributed by atoms with E-state index in [0.717, 1.165) is 13.1 Å². The van der Waals surface area contributed by atoms with Crippen molar-refractivity contribution in [2.75, 3.05) is 25.0 Å². The third-order valence-corrected chi connectivity index (χ3v) is 3.39. The Kier molecular flexibility index (Phi) is 4.87. The molecule has 1 aromatic carbocycles. The average molecular weight is 294 g/mol. The van der Waals surface area contributed by atoms with Crippen molar-refractivity contribution < 1.29 is 19.4 Å². The molecule has 0 bridgehead atoms. The Morgan fingerprint density at radius 1 is 1.33 bits per heavy atom. The molecular weight excluding hydrogens is 274 g/mol. The van der Waals surface area contributed by atoms with E-state index in [1.165, 1.54) is 29.2 Å². The first-order valence-corrected chi connectivity index (χ1v) is 6.97. The Balaban J connectivity index is 1.88. The largest absolute Gasteiger partial charge is 0.364 e. The Bertz CT molecular complexity index is 507. The zero-order valence-electron chi connectivity index (χ0n) is 12.2. The van der Waals surface area contributed by atoms with Crippen LogP contribution in [0.1, 0.15) is 13.8 Å². The maximum absolute atomic E-state index is 12.0. The fourth-order valence-corrected chi connectivity index (χ4v) is 2.63. The number of carbonyl (C=O) groups excluding carboxylic acids is 1. The lowest BCUT2D eigenvalue weighted by molar-refractivity contribution is -0.907. The van der Waals surface area contributed by atoms with Crippen molar-refractivity contribution in [3.8, 4) is 0 Å². The number of nitro groups is 1. The lowest BCUT2D eigenvalue weighted by atomic mass is 10.2. The van der Waals surface area contributed by atoms with Crippen molar-refractivity contribution in [3.63, 3.8) is 0 Å². The van der Waals surface area contributed by atoms with Gasteiger partial charge in [-0.25, -0.2) is 0 Å². The second-order valence-corrected chi connectivity index (χ2v) is 5.44. The highest BCUT2D eigenvalue weighted by molar-refractivity contribution is 5.91. The summed E-state index contributed by atoms with van der Waals surface area (Å²) in [5, 5.41) is 13.3. The number of nitrogens with zero attached hydrogens (tertiary/aromatic N) is 1. The van der Waals surface area contributed by atoms with Crippen molar-refractivity contribution >= 4 is 17.3 Å². The zero-order chi connectivity index (χ0) is 15.4. The molecule has 0 spiro atoms. The van der Waals surface area contributed by atoms with Crippen LogP contribution in [-0.2, 0) is 9.53 Å². The smallest absolute Gasteiger partial charge is 0.279 e. The van der Waals surface area contributed by atoms with E-state index in [0.29, 0.717) is 12.2 Å². The first-order chi connectivity index (χ1) is 9.94. The normalized spacial score (nSPS) is 25.3. The Labute approximate surface area is 123 Å². The van der Waals surface area contributed by atoms with Crippen molar-refractivity contribution in [2.24, 2.45) is 0 Å². The zero-order valence-corrected chi connectivity index (χ0v) is 12.2. The highest BCUT2D eigenvalue weighted by Gasteiger charge is 2.27. The molecule has 1 amide bonds. The summed E-state index contributed by atoms with van der Waals surface area (Å²) in [5.74, 6) is -0.0971. The van der Waals surface area contributed by atoms with Crippen molar-refractivity contribution in [1.29, 1.82) is 0 Å². The molecule has 0 aromatic heterocycles. The maximum atomic E-state index is 12.0. The molecule has 0 unspecified atom stereocenters. The molecule has 0 saturated carbocycles. The topological polar surface area (TPSA) is 85.9 Å². The SMILES string of the molecule is C[C@@H]1C[NH+](CC(=O)Nc2ccc([N+](=O)[O-])cc2)C[C@@H](C)O1. The number of carbonyl (C=O) groups is 1. The van der Waals surface area contributed by atoms with Gasteiger partial charge in [0, 0.05) is 17.8 Å². The van der Waals surface area contributed by atoms with Crippen LogP contribution in [0.5, 0.6) is 0 Å². The van der Waals surface area contributed by atoms with E-state index in [9.17, 15) is 14.9 Å². The number of ether oxygens (including phenoxy) is 1. The number of nitro benzene ring substituents is 1. The fraction of sp³-hybridized carbons (Fsp3) is 0.500. The van der Waals surface area contributed by atoms with Crippen LogP contribution in [-0.4, -0.2) is 42.7 Å². The number of benzene rings is 1. The number of amides is 1. The van der Waals surface area contributed by atoms with Gasteiger partial charge in [0.25, 0.3) is 11.6 Å². The van der Waals surface area contributed by atoms with E-state index >= 15 is 0 Å². The first-order valence-electron chi connectivity index (χ1n) is 6.97. The maximum Gasteiger partial charge on any atom is 0.279 e. The number of non-ortho nitro benzene ring substituents is 1. The van der Waals surface area contributed by atoms with Crippen LogP contribution in [0, 0.1) is 10.1 Å². The molecule has 1 aliphatic rings. The van der Waals surface area contributed by atoms with E-state index in [4.69, 9.17) is 4.74 Å². The van der Waals surface area contributed by atoms with Gasteiger partial charge in [-0.15, -0.1) is 0 Å². The van der Waals surface area contributed by atoms with Crippen molar-refractivity contribution in [2.45, 2.75) is 26.1 Å². The van der Waals surface area contributed by atoms with Gasteiger partial charge in [-0.2, -0.15) is 0 Å². The fourth-order valence-electron chi connectivity index (χ4n) is 2.63. The lowest BCUT2D eigenvalue weighted by Gasteiger charge is -2.31. The summed E-state index contributed by atoms with van der Waals surface area (Å²) in [4.78, 5) is 23.3. The number of rotatable bonds is 4. The van der Waals surface area contributed by atoms with Gasteiger partial charge in [0.2, 0.25) is 0 Å². The molecule has 2 rings (SSSR count). The number of hydrogen-bond donors (Lipinski definition) is 2. The molecule has 2 atom stereocenters. The Morgan fingerprint density at radius 2 is 1.90 bits per heavy atom. The summed E-state index contributed by atoms with van der Waals surface area (Å²) in [5.41, 5.74) is 0.578. The predicted molar refractivity (Wildman–Crippen MR) is 77.3 cm³/mol. The molecule has 1 aromatic rings. The number of morpholine rings is 1. The first kappa shape index (κ1) is 15.4. The molecule has 2 N–H and O–H groups in total. The van der Waals surface area contributed by atoms with Crippen LogP contribution in [0.2, 0.25) is 0 Å². The van der Waals surface area contributed by atoms with E-state index in [1.54, 1.807) is 0 Å². The number of quaternary nitrogens is 1.